The standard InChI is InChI=1S/C24H22ClN2O3/c1-24(2,3)30-23(28)19-10-11-27(29)20-13-16(12-15-8-9-21(25)26-14-15)17-6-4-5-7-18(17)22(19)20/h4-11,13-14,19H,12H2,1-3H3/q-1. The van der Waals surface area contributed by atoms with E-state index in [4.69, 9.17) is 16.3 Å². The van der Waals surface area contributed by atoms with Gasteiger partial charge in [-0.2, -0.15) is 0 Å². The molecule has 0 spiro atoms. The number of benzene rings is 2. The minimum Gasteiger partial charge on any atom is -0.754 e. The van der Waals surface area contributed by atoms with E-state index in [0.29, 0.717) is 22.8 Å². The van der Waals surface area contributed by atoms with Crippen molar-refractivity contribution in [3.8, 4) is 0 Å². The van der Waals surface area contributed by atoms with Gasteiger partial charge in [-0.3, -0.25) is 4.79 Å². The number of hydrogen-bond acceptors (Lipinski definition) is 5. The Morgan fingerprint density at radius 2 is 1.93 bits per heavy atom. The van der Waals surface area contributed by atoms with Gasteiger partial charge in [-0.15, -0.1) is 0 Å². The number of halogens is 1. The lowest BCUT2D eigenvalue weighted by molar-refractivity contribution is -0.155. The van der Waals surface area contributed by atoms with Gasteiger partial charge in [-0.1, -0.05) is 48.0 Å². The van der Waals surface area contributed by atoms with Gasteiger partial charge in [-0.25, -0.2) is 4.98 Å². The predicted molar refractivity (Wildman–Crippen MR) is 120 cm³/mol. The Balaban J connectivity index is 1.85. The Kier molecular flexibility index (Phi) is 5.26. The monoisotopic (exact) mass is 421 g/mol. The maximum Gasteiger partial charge on any atom is 0.317 e. The molecule has 0 saturated heterocycles. The minimum absolute atomic E-state index is 0.368. The number of pyridine rings is 1. The predicted octanol–water partition coefficient (Wildman–Crippen LogP) is 5.74. The van der Waals surface area contributed by atoms with Crippen LogP contribution in [0.5, 0.6) is 0 Å². The number of nitrogens with zero attached hydrogens (tertiary/aromatic N) is 2. The van der Waals surface area contributed by atoms with Gasteiger partial charge in [0.2, 0.25) is 0 Å². The van der Waals surface area contributed by atoms with Crippen LogP contribution in [-0.2, 0) is 16.0 Å². The molecule has 2 aromatic carbocycles. The van der Waals surface area contributed by atoms with Crippen LogP contribution in [0.2, 0.25) is 5.15 Å². The quantitative estimate of drug-likeness (QED) is 0.398. The molecule has 0 N–H and O–H groups in total. The molecule has 1 atom stereocenters. The Morgan fingerprint density at radius 3 is 2.60 bits per heavy atom. The number of rotatable bonds is 3. The third-order valence-electron chi connectivity index (χ3n) is 4.96. The van der Waals surface area contributed by atoms with Crippen LogP contribution in [0.3, 0.4) is 0 Å². The number of carbonyl (C=O) groups excluding carboxylic acids is 1. The number of anilines is 1. The summed E-state index contributed by atoms with van der Waals surface area (Å²) in [4.78, 5) is 17.1. The molecule has 0 fully saturated rings. The molecule has 0 bridgehead atoms. The van der Waals surface area contributed by atoms with Gasteiger partial charge in [0, 0.05) is 17.4 Å². The molecule has 154 valence electrons. The van der Waals surface area contributed by atoms with Crippen molar-refractivity contribution in [1.82, 2.24) is 4.98 Å². The fourth-order valence-electron chi connectivity index (χ4n) is 3.75. The summed E-state index contributed by atoms with van der Waals surface area (Å²) < 4.78 is 5.62. The van der Waals surface area contributed by atoms with Crippen molar-refractivity contribution in [3.63, 3.8) is 0 Å². The third-order valence-corrected chi connectivity index (χ3v) is 5.18. The van der Waals surface area contributed by atoms with E-state index in [2.05, 4.69) is 4.98 Å². The molecule has 3 aromatic rings. The smallest absolute Gasteiger partial charge is 0.317 e. The summed E-state index contributed by atoms with van der Waals surface area (Å²) in [6.07, 6.45) is 5.32. The summed E-state index contributed by atoms with van der Waals surface area (Å²) >= 11 is 5.90. The maximum absolute atomic E-state index is 12.9. The second-order valence-corrected chi connectivity index (χ2v) is 8.75. The van der Waals surface area contributed by atoms with Crippen molar-refractivity contribution >= 4 is 34.0 Å². The molecule has 1 unspecified atom stereocenters. The SMILES string of the molecule is CC(C)(C)OC(=O)C1C=CN([O-])c2cc(Cc3ccc(Cl)nc3)c3ccccc3c21. The molecule has 4 rings (SSSR count). The zero-order valence-corrected chi connectivity index (χ0v) is 17.8. The first-order valence-electron chi connectivity index (χ1n) is 9.75. The van der Waals surface area contributed by atoms with E-state index in [-0.39, 0.29) is 5.97 Å². The Hall–Kier alpha value is -2.89. The van der Waals surface area contributed by atoms with Gasteiger partial charge >= 0.3 is 5.97 Å². The number of ether oxygens (including phenoxy) is 1. The maximum atomic E-state index is 12.9. The molecule has 5 nitrogen and oxygen atoms in total. The molecule has 0 aliphatic carbocycles. The van der Waals surface area contributed by atoms with Crippen molar-refractivity contribution in [2.75, 3.05) is 5.06 Å². The van der Waals surface area contributed by atoms with Crippen LogP contribution in [0.15, 0.2) is 60.9 Å². The van der Waals surface area contributed by atoms with Crippen molar-refractivity contribution in [3.05, 3.63) is 88.0 Å². The average Bonchev–Trinajstić information content (AvgIpc) is 2.69. The van der Waals surface area contributed by atoms with Gasteiger partial charge in [0.15, 0.2) is 0 Å². The highest BCUT2D eigenvalue weighted by Crippen LogP contribution is 2.41. The van der Waals surface area contributed by atoms with Crippen molar-refractivity contribution < 1.29 is 9.53 Å². The van der Waals surface area contributed by atoms with Crippen LogP contribution in [0.25, 0.3) is 10.8 Å². The lowest BCUT2D eigenvalue weighted by atomic mass is 9.86. The number of carbonyl (C=O) groups is 1. The molecular formula is C24H22ClN2O3-. The van der Waals surface area contributed by atoms with E-state index in [1.54, 1.807) is 18.3 Å². The van der Waals surface area contributed by atoms with E-state index < -0.39 is 11.5 Å². The van der Waals surface area contributed by atoms with Gasteiger partial charge in [0.1, 0.15) is 16.7 Å². The molecule has 1 aromatic heterocycles. The second-order valence-electron chi connectivity index (χ2n) is 8.36. The number of hydrogen-bond donors (Lipinski definition) is 0. The van der Waals surface area contributed by atoms with Crippen LogP contribution < -0.4 is 5.06 Å². The van der Waals surface area contributed by atoms with E-state index in [1.807, 2.05) is 57.2 Å². The zero-order valence-electron chi connectivity index (χ0n) is 17.1. The van der Waals surface area contributed by atoms with E-state index in [0.717, 1.165) is 27.0 Å². The molecule has 1 aliphatic rings. The summed E-state index contributed by atoms with van der Waals surface area (Å²) in [5.74, 6) is -1.01. The van der Waals surface area contributed by atoms with Crippen LogP contribution in [-0.4, -0.2) is 16.6 Å². The van der Waals surface area contributed by atoms with E-state index >= 15 is 0 Å². The first-order chi connectivity index (χ1) is 14.2. The highest BCUT2D eigenvalue weighted by Gasteiger charge is 2.31. The number of aromatic nitrogens is 1. The molecule has 0 radical (unpaired) electrons. The second kappa shape index (κ2) is 7.74. The summed E-state index contributed by atoms with van der Waals surface area (Å²) in [5, 5.41) is 15.8. The minimum atomic E-state index is -0.638. The fourth-order valence-corrected chi connectivity index (χ4v) is 3.86. The molecule has 6 heteroatoms. The number of esters is 1. The number of fused-ring (bicyclic) bond motifs is 3. The van der Waals surface area contributed by atoms with Crippen molar-refractivity contribution in [2.24, 2.45) is 0 Å². The largest absolute Gasteiger partial charge is 0.754 e. The first kappa shape index (κ1) is 20.4. The van der Waals surface area contributed by atoms with Gasteiger partial charge in [-0.05, 0) is 67.4 Å². The topological polar surface area (TPSA) is 65.5 Å². The molecule has 30 heavy (non-hydrogen) atoms. The van der Waals surface area contributed by atoms with Crippen molar-refractivity contribution in [2.45, 2.75) is 38.7 Å². The lowest BCUT2D eigenvalue weighted by Gasteiger charge is -2.36. The van der Waals surface area contributed by atoms with Gasteiger partial charge in [0.05, 0.1) is 0 Å². The highest BCUT2D eigenvalue weighted by atomic mass is 35.5. The zero-order chi connectivity index (χ0) is 21.5. The van der Waals surface area contributed by atoms with Gasteiger partial charge < -0.3 is 15.0 Å². The van der Waals surface area contributed by atoms with Crippen LogP contribution in [0, 0.1) is 5.21 Å². The number of hydroxylamine groups is 1. The van der Waals surface area contributed by atoms with Crippen LogP contribution in [0.4, 0.5) is 5.69 Å². The Morgan fingerprint density at radius 1 is 1.20 bits per heavy atom. The molecule has 2 heterocycles. The summed E-state index contributed by atoms with van der Waals surface area (Å²) in [7, 11) is 0. The highest BCUT2D eigenvalue weighted by molar-refractivity contribution is 6.29. The van der Waals surface area contributed by atoms with Crippen LogP contribution in [0.1, 0.15) is 43.4 Å². The van der Waals surface area contributed by atoms with Crippen molar-refractivity contribution in [1.29, 1.82) is 0 Å². The molecule has 0 amide bonds. The van der Waals surface area contributed by atoms with E-state index in [1.165, 1.54) is 6.20 Å². The first-order valence-corrected chi connectivity index (χ1v) is 10.1. The molecule has 0 saturated carbocycles. The normalized spacial score (nSPS) is 15.9. The Bertz CT molecular complexity index is 1130. The summed E-state index contributed by atoms with van der Waals surface area (Å²) in [6, 6.07) is 13.3. The van der Waals surface area contributed by atoms with Crippen LogP contribution >= 0.6 is 11.6 Å². The summed E-state index contributed by atoms with van der Waals surface area (Å²) in [6.45, 7) is 5.50. The molecule has 1 aliphatic heterocycles. The van der Waals surface area contributed by atoms with E-state index in [9.17, 15) is 10.0 Å². The third kappa shape index (κ3) is 4.04. The fraction of sp³-hybridized carbons (Fsp3) is 0.250. The molecular weight excluding hydrogens is 400 g/mol. The summed E-state index contributed by atoms with van der Waals surface area (Å²) in [5.41, 5.74) is 2.49. The Labute approximate surface area is 180 Å². The average molecular weight is 422 g/mol. The lowest BCUT2D eigenvalue weighted by Crippen LogP contribution is -2.29. The van der Waals surface area contributed by atoms with Gasteiger partial charge in [0.25, 0.3) is 0 Å².